The second-order valence-corrected chi connectivity index (χ2v) is 4.91. The molecule has 108 valence electrons. The first-order valence-electron chi connectivity index (χ1n) is 7.04. The number of aromatic nitrogens is 2. The number of hydrogen-bond acceptors (Lipinski definition) is 4. The molecule has 0 aliphatic carbocycles. The third kappa shape index (κ3) is 2.46. The highest BCUT2D eigenvalue weighted by atomic mass is 16.5. The number of anilines is 1. The van der Waals surface area contributed by atoms with E-state index in [0.717, 1.165) is 24.1 Å². The van der Waals surface area contributed by atoms with Gasteiger partial charge in [0.05, 0.1) is 7.11 Å². The Morgan fingerprint density at radius 3 is 2.90 bits per heavy atom. The Kier molecular flexibility index (Phi) is 3.56. The third-order valence-corrected chi connectivity index (χ3v) is 3.63. The lowest BCUT2D eigenvalue weighted by atomic mass is 10.2. The van der Waals surface area contributed by atoms with Crippen LogP contribution >= 0.6 is 0 Å². The molecule has 0 spiro atoms. The summed E-state index contributed by atoms with van der Waals surface area (Å²) in [6.07, 6.45) is 1.62. The van der Waals surface area contributed by atoms with Crippen LogP contribution in [0.3, 0.4) is 0 Å². The van der Waals surface area contributed by atoms with Gasteiger partial charge in [-0.15, -0.1) is 0 Å². The van der Waals surface area contributed by atoms with Crippen LogP contribution in [0.15, 0.2) is 30.3 Å². The molecule has 0 aromatic carbocycles. The van der Waals surface area contributed by atoms with Crippen LogP contribution in [0.25, 0.3) is 0 Å². The minimum absolute atomic E-state index is 0.107. The monoisotopic (exact) mass is 283 g/mol. The first-order valence-corrected chi connectivity index (χ1v) is 7.04. The first-order chi connectivity index (χ1) is 10.2. The van der Waals surface area contributed by atoms with E-state index in [1.807, 2.05) is 31.2 Å². The van der Waals surface area contributed by atoms with Crippen LogP contribution in [0, 0.1) is 0 Å². The number of nitrogens with zero attached hydrogens (tertiary/aromatic N) is 3. The molecule has 0 unspecified atom stereocenters. The molecule has 0 saturated carbocycles. The predicted octanol–water partition coefficient (Wildman–Crippen LogP) is 2.25. The summed E-state index contributed by atoms with van der Waals surface area (Å²) < 4.78 is 5.15. The predicted molar refractivity (Wildman–Crippen MR) is 79.8 cm³/mol. The Balaban J connectivity index is 1.94. The van der Waals surface area contributed by atoms with E-state index in [1.165, 1.54) is 0 Å². The Morgan fingerprint density at radius 2 is 2.14 bits per heavy atom. The summed E-state index contributed by atoms with van der Waals surface area (Å²) >= 11 is 0. The topological polar surface area (TPSA) is 55.3 Å². The van der Waals surface area contributed by atoms with Crippen molar-refractivity contribution in [1.82, 2.24) is 9.97 Å². The smallest absolute Gasteiger partial charge is 0.278 e. The maximum absolute atomic E-state index is 12.7. The quantitative estimate of drug-likeness (QED) is 0.867. The summed E-state index contributed by atoms with van der Waals surface area (Å²) in [7, 11) is 1.57. The van der Waals surface area contributed by atoms with Crippen molar-refractivity contribution in [3.63, 3.8) is 0 Å². The van der Waals surface area contributed by atoms with Gasteiger partial charge in [0, 0.05) is 18.3 Å². The van der Waals surface area contributed by atoms with Gasteiger partial charge in [0.25, 0.3) is 5.91 Å². The zero-order chi connectivity index (χ0) is 14.8. The second kappa shape index (κ2) is 5.52. The maximum atomic E-state index is 12.7. The first kappa shape index (κ1) is 13.5. The molecule has 0 N–H and O–H groups in total. The molecule has 1 amide bonds. The lowest BCUT2D eigenvalue weighted by Crippen LogP contribution is -2.30. The molecule has 5 heteroatoms. The molecule has 0 radical (unpaired) electrons. The van der Waals surface area contributed by atoms with Crippen molar-refractivity contribution in [2.24, 2.45) is 0 Å². The van der Waals surface area contributed by atoms with Gasteiger partial charge >= 0.3 is 0 Å². The van der Waals surface area contributed by atoms with E-state index in [9.17, 15) is 4.79 Å². The molecule has 2 aromatic rings. The molecule has 0 bridgehead atoms. The fraction of sp³-hybridized carbons (Fsp3) is 0.312. The van der Waals surface area contributed by atoms with Gasteiger partial charge in [-0.25, -0.2) is 4.98 Å². The zero-order valence-electron chi connectivity index (χ0n) is 12.2. The number of pyridine rings is 2. The average Bonchev–Trinajstić information content (AvgIpc) is 2.97. The van der Waals surface area contributed by atoms with Crippen molar-refractivity contribution in [2.45, 2.75) is 19.8 Å². The van der Waals surface area contributed by atoms with Crippen LogP contribution in [-0.2, 0) is 12.8 Å². The minimum Gasteiger partial charge on any atom is -0.481 e. The molecule has 0 fully saturated rings. The fourth-order valence-corrected chi connectivity index (χ4v) is 2.47. The van der Waals surface area contributed by atoms with Crippen LogP contribution < -0.4 is 9.64 Å². The number of rotatable bonds is 3. The van der Waals surface area contributed by atoms with Crippen molar-refractivity contribution in [3.05, 3.63) is 47.3 Å². The molecular weight excluding hydrogens is 266 g/mol. The van der Waals surface area contributed by atoms with Crippen molar-refractivity contribution in [3.8, 4) is 5.88 Å². The van der Waals surface area contributed by atoms with Gasteiger partial charge in [0.15, 0.2) is 0 Å². The summed E-state index contributed by atoms with van der Waals surface area (Å²) in [5.41, 5.74) is 2.45. The number of ether oxygens (including phenoxy) is 1. The van der Waals surface area contributed by atoms with Crippen LogP contribution in [0.2, 0.25) is 0 Å². The van der Waals surface area contributed by atoms with E-state index in [0.29, 0.717) is 23.9 Å². The zero-order valence-corrected chi connectivity index (χ0v) is 12.2. The van der Waals surface area contributed by atoms with Crippen LogP contribution in [0.1, 0.15) is 28.7 Å². The Hall–Kier alpha value is -2.43. The summed E-state index contributed by atoms with van der Waals surface area (Å²) in [5, 5.41) is 0. The molecule has 21 heavy (non-hydrogen) atoms. The summed E-state index contributed by atoms with van der Waals surface area (Å²) in [6, 6.07) is 9.33. The van der Waals surface area contributed by atoms with Gasteiger partial charge in [-0.3, -0.25) is 9.69 Å². The number of hydrogen-bond donors (Lipinski definition) is 0. The lowest BCUT2D eigenvalue weighted by Gasteiger charge is -2.16. The lowest BCUT2D eigenvalue weighted by molar-refractivity contribution is 0.0983. The average molecular weight is 283 g/mol. The molecular formula is C16H17N3O2. The van der Waals surface area contributed by atoms with Gasteiger partial charge < -0.3 is 4.74 Å². The molecule has 1 aliphatic heterocycles. The van der Waals surface area contributed by atoms with E-state index >= 15 is 0 Å². The normalized spacial score (nSPS) is 13.1. The number of fused-ring (bicyclic) bond motifs is 1. The van der Waals surface area contributed by atoms with Crippen LogP contribution in [0.5, 0.6) is 5.88 Å². The molecule has 3 rings (SSSR count). The van der Waals surface area contributed by atoms with Crippen molar-refractivity contribution in [1.29, 1.82) is 0 Å². The van der Waals surface area contributed by atoms with Gasteiger partial charge in [0.2, 0.25) is 5.88 Å². The van der Waals surface area contributed by atoms with Crippen molar-refractivity contribution in [2.75, 3.05) is 18.6 Å². The number of aryl methyl sites for hydroxylation is 1. The number of carbonyl (C=O) groups excluding carboxylic acids is 1. The number of carbonyl (C=O) groups is 1. The standard InChI is InChI=1S/C16H17N3O2/c1-3-12-5-4-6-13(17-12)16(20)19-10-9-11-7-8-14(21-2)18-15(11)19/h4-8H,3,9-10H2,1-2H3. The van der Waals surface area contributed by atoms with E-state index in [-0.39, 0.29) is 5.91 Å². The Labute approximate surface area is 123 Å². The third-order valence-electron chi connectivity index (χ3n) is 3.63. The van der Waals surface area contributed by atoms with E-state index in [4.69, 9.17) is 4.74 Å². The van der Waals surface area contributed by atoms with Crippen molar-refractivity contribution >= 4 is 11.7 Å². The number of methoxy groups -OCH3 is 1. The summed E-state index contributed by atoms with van der Waals surface area (Å²) in [5.74, 6) is 1.09. The SMILES string of the molecule is CCc1cccc(C(=O)N2CCc3ccc(OC)nc32)n1. The van der Waals surface area contributed by atoms with Gasteiger partial charge in [-0.1, -0.05) is 13.0 Å². The van der Waals surface area contributed by atoms with Crippen LogP contribution in [0.4, 0.5) is 5.82 Å². The molecule has 5 nitrogen and oxygen atoms in total. The Morgan fingerprint density at radius 1 is 1.29 bits per heavy atom. The summed E-state index contributed by atoms with van der Waals surface area (Å²) in [4.78, 5) is 23.1. The summed E-state index contributed by atoms with van der Waals surface area (Å²) in [6.45, 7) is 2.65. The number of amides is 1. The highest BCUT2D eigenvalue weighted by Crippen LogP contribution is 2.29. The van der Waals surface area contributed by atoms with Gasteiger partial charge in [-0.05, 0) is 36.6 Å². The molecule has 0 saturated heterocycles. The molecule has 3 heterocycles. The van der Waals surface area contributed by atoms with E-state index in [2.05, 4.69) is 9.97 Å². The van der Waals surface area contributed by atoms with Crippen LogP contribution in [-0.4, -0.2) is 29.5 Å². The highest BCUT2D eigenvalue weighted by molar-refractivity contribution is 6.05. The maximum Gasteiger partial charge on any atom is 0.278 e. The highest BCUT2D eigenvalue weighted by Gasteiger charge is 2.28. The molecule has 1 aliphatic rings. The second-order valence-electron chi connectivity index (χ2n) is 4.91. The van der Waals surface area contributed by atoms with Crippen molar-refractivity contribution < 1.29 is 9.53 Å². The minimum atomic E-state index is -0.107. The largest absolute Gasteiger partial charge is 0.481 e. The molecule has 0 atom stereocenters. The molecule has 2 aromatic heterocycles. The van der Waals surface area contributed by atoms with Gasteiger partial charge in [0.1, 0.15) is 11.5 Å². The van der Waals surface area contributed by atoms with Gasteiger partial charge in [-0.2, -0.15) is 4.98 Å². The fourth-order valence-electron chi connectivity index (χ4n) is 2.47. The Bertz CT molecular complexity index is 685. The van der Waals surface area contributed by atoms with E-state index in [1.54, 1.807) is 18.1 Å². The van der Waals surface area contributed by atoms with E-state index < -0.39 is 0 Å².